The summed E-state index contributed by atoms with van der Waals surface area (Å²) in [6.45, 7) is 2.78. The molecule has 1 aromatic carbocycles. The first kappa shape index (κ1) is 9.64. The number of hydrogen-bond acceptors (Lipinski definition) is 1. The Kier molecular flexibility index (Phi) is 2.10. The number of ketones is 1. The summed E-state index contributed by atoms with van der Waals surface area (Å²) in [7, 11) is 0. The van der Waals surface area contributed by atoms with E-state index in [4.69, 9.17) is 0 Å². The van der Waals surface area contributed by atoms with Gasteiger partial charge in [0.05, 0.1) is 5.52 Å². The lowest BCUT2D eigenvalue weighted by Gasteiger charge is -2.16. The first-order chi connectivity index (χ1) is 7.74. The number of rotatable bonds is 2. The van der Waals surface area contributed by atoms with Crippen molar-refractivity contribution in [2.45, 2.75) is 32.7 Å². The van der Waals surface area contributed by atoms with Crippen molar-refractivity contribution in [3.63, 3.8) is 0 Å². The summed E-state index contributed by atoms with van der Waals surface area (Å²) in [5, 5.41) is 1.29. The average Bonchev–Trinajstić information content (AvgIpc) is 2.62. The first-order valence-electron chi connectivity index (χ1n) is 5.84. The van der Waals surface area contributed by atoms with Gasteiger partial charge in [-0.05, 0) is 43.0 Å². The molecule has 0 spiro atoms. The van der Waals surface area contributed by atoms with Crippen molar-refractivity contribution >= 4 is 16.7 Å². The molecule has 0 radical (unpaired) electrons. The Hall–Kier alpha value is -1.57. The Morgan fingerprint density at radius 2 is 2.31 bits per heavy atom. The van der Waals surface area contributed by atoms with Gasteiger partial charge < -0.3 is 4.57 Å². The lowest BCUT2D eigenvalue weighted by molar-refractivity contribution is -0.116. The molecular formula is C14H15NO. The molecule has 1 aromatic heterocycles. The monoisotopic (exact) mass is 213 g/mol. The van der Waals surface area contributed by atoms with Crippen LogP contribution in [0.4, 0.5) is 0 Å². The average molecular weight is 213 g/mol. The molecule has 3 rings (SSSR count). The number of Topliss-reactive ketones (excluding diaryl/α,β-unsaturated/α-hetero) is 1. The third-order valence-electron chi connectivity index (χ3n) is 3.30. The molecule has 0 saturated carbocycles. The standard InChI is InChI=1S/C14H15NO/c1-10(16)7-11-8-12-3-2-5-15-6-4-13(9-11)14(12)15/h4,6,8-9H,2-3,5,7H2,1H3. The van der Waals surface area contributed by atoms with E-state index < -0.39 is 0 Å². The molecule has 2 heteroatoms. The zero-order chi connectivity index (χ0) is 11.1. The van der Waals surface area contributed by atoms with E-state index in [2.05, 4.69) is 29.0 Å². The molecule has 2 heterocycles. The number of benzene rings is 1. The molecule has 0 aliphatic carbocycles. The van der Waals surface area contributed by atoms with E-state index in [9.17, 15) is 4.79 Å². The fourth-order valence-corrected chi connectivity index (χ4v) is 2.72. The molecule has 1 aliphatic heterocycles. The Morgan fingerprint density at radius 3 is 3.12 bits per heavy atom. The molecule has 0 N–H and O–H groups in total. The Labute approximate surface area is 94.9 Å². The lowest BCUT2D eigenvalue weighted by Crippen LogP contribution is -2.07. The second kappa shape index (κ2) is 3.48. The molecule has 82 valence electrons. The van der Waals surface area contributed by atoms with Crippen LogP contribution in [0.25, 0.3) is 10.9 Å². The molecule has 16 heavy (non-hydrogen) atoms. The van der Waals surface area contributed by atoms with Gasteiger partial charge in [-0.3, -0.25) is 4.79 Å². The van der Waals surface area contributed by atoms with E-state index in [0.29, 0.717) is 6.42 Å². The van der Waals surface area contributed by atoms with Crippen LogP contribution in [0.2, 0.25) is 0 Å². The number of carbonyl (C=O) groups excluding carboxylic acids is 1. The number of aromatic nitrogens is 1. The number of carbonyl (C=O) groups is 1. The van der Waals surface area contributed by atoms with E-state index in [-0.39, 0.29) is 5.78 Å². The summed E-state index contributed by atoms with van der Waals surface area (Å²) in [5.41, 5.74) is 3.94. The zero-order valence-corrected chi connectivity index (χ0v) is 9.49. The van der Waals surface area contributed by atoms with Gasteiger partial charge in [0, 0.05) is 24.5 Å². The van der Waals surface area contributed by atoms with E-state index in [1.807, 2.05) is 0 Å². The van der Waals surface area contributed by atoms with Gasteiger partial charge >= 0.3 is 0 Å². The molecular weight excluding hydrogens is 198 g/mol. The molecule has 0 fully saturated rings. The Balaban J connectivity index is 2.18. The maximum atomic E-state index is 11.2. The minimum absolute atomic E-state index is 0.238. The van der Waals surface area contributed by atoms with E-state index in [1.165, 1.54) is 22.9 Å². The minimum Gasteiger partial charge on any atom is -0.347 e. The lowest BCUT2D eigenvalue weighted by atomic mass is 9.98. The fourth-order valence-electron chi connectivity index (χ4n) is 2.72. The van der Waals surface area contributed by atoms with Crippen molar-refractivity contribution in [2.75, 3.05) is 0 Å². The second-order valence-corrected chi connectivity index (χ2v) is 4.68. The van der Waals surface area contributed by atoms with Crippen LogP contribution < -0.4 is 0 Å². The molecule has 0 unspecified atom stereocenters. The van der Waals surface area contributed by atoms with E-state index in [0.717, 1.165) is 18.5 Å². The van der Waals surface area contributed by atoms with Crippen LogP contribution in [-0.4, -0.2) is 10.4 Å². The van der Waals surface area contributed by atoms with Gasteiger partial charge in [-0.15, -0.1) is 0 Å². The highest BCUT2D eigenvalue weighted by Crippen LogP contribution is 2.27. The number of aryl methyl sites for hydroxylation is 2. The minimum atomic E-state index is 0.238. The second-order valence-electron chi connectivity index (χ2n) is 4.68. The fraction of sp³-hybridized carbons (Fsp3) is 0.357. The smallest absolute Gasteiger partial charge is 0.134 e. The highest BCUT2D eigenvalue weighted by molar-refractivity contribution is 5.86. The van der Waals surface area contributed by atoms with Gasteiger partial charge in [0.1, 0.15) is 5.78 Å². The largest absolute Gasteiger partial charge is 0.347 e. The Bertz CT molecular complexity index is 565. The normalized spacial score (nSPS) is 14.3. The van der Waals surface area contributed by atoms with Gasteiger partial charge in [0.25, 0.3) is 0 Å². The van der Waals surface area contributed by atoms with Gasteiger partial charge in [0.2, 0.25) is 0 Å². The van der Waals surface area contributed by atoms with Crippen LogP contribution in [0.3, 0.4) is 0 Å². The summed E-state index contributed by atoms with van der Waals surface area (Å²) < 4.78 is 2.33. The van der Waals surface area contributed by atoms with Crippen molar-refractivity contribution < 1.29 is 4.79 Å². The predicted octanol–water partition coefficient (Wildman–Crippen LogP) is 2.72. The SMILES string of the molecule is CC(=O)Cc1cc2c3c(ccn3CCC2)c1. The summed E-state index contributed by atoms with van der Waals surface area (Å²) in [5.74, 6) is 0.238. The van der Waals surface area contributed by atoms with Crippen LogP contribution in [0.5, 0.6) is 0 Å². The van der Waals surface area contributed by atoms with Crippen LogP contribution >= 0.6 is 0 Å². The van der Waals surface area contributed by atoms with Crippen molar-refractivity contribution in [2.24, 2.45) is 0 Å². The van der Waals surface area contributed by atoms with Crippen molar-refractivity contribution in [3.8, 4) is 0 Å². The third kappa shape index (κ3) is 1.45. The van der Waals surface area contributed by atoms with Crippen LogP contribution in [0.1, 0.15) is 24.5 Å². The van der Waals surface area contributed by atoms with E-state index >= 15 is 0 Å². The Morgan fingerprint density at radius 1 is 1.44 bits per heavy atom. The summed E-state index contributed by atoms with van der Waals surface area (Å²) >= 11 is 0. The van der Waals surface area contributed by atoms with Gasteiger partial charge in [-0.1, -0.05) is 6.07 Å². The van der Waals surface area contributed by atoms with Crippen molar-refractivity contribution in [1.29, 1.82) is 0 Å². The highest BCUT2D eigenvalue weighted by Gasteiger charge is 2.13. The van der Waals surface area contributed by atoms with Gasteiger partial charge in [-0.25, -0.2) is 0 Å². The quantitative estimate of drug-likeness (QED) is 0.751. The molecule has 2 nitrogen and oxygen atoms in total. The third-order valence-corrected chi connectivity index (χ3v) is 3.30. The molecule has 0 amide bonds. The molecule has 0 saturated heterocycles. The molecule has 0 atom stereocenters. The van der Waals surface area contributed by atoms with Crippen LogP contribution in [-0.2, 0) is 24.2 Å². The highest BCUT2D eigenvalue weighted by atomic mass is 16.1. The topological polar surface area (TPSA) is 22.0 Å². The summed E-state index contributed by atoms with van der Waals surface area (Å²) in [6, 6.07) is 6.52. The van der Waals surface area contributed by atoms with Crippen LogP contribution in [0, 0.1) is 0 Å². The molecule has 0 bridgehead atoms. The van der Waals surface area contributed by atoms with E-state index in [1.54, 1.807) is 6.92 Å². The zero-order valence-electron chi connectivity index (χ0n) is 9.49. The van der Waals surface area contributed by atoms with Crippen molar-refractivity contribution in [3.05, 3.63) is 35.5 Å². The number of hydrogen-bond donors (Lipinski definition) is 0. The summed E-state index contributed by atoms with van der Waals surface area (Å²) in [6.07, 6.45) is 5.07. The number of nitrogens with zero attached hydrogens (tertiary/aromatic N) is 1. The van der Waals surface area contributed by atoms with Gasteiger partial charge in [0.15, 0.2) is 0 Å². The van der Waals surface area contributed by atoms with Crippen molar-refractivity contribution in [1.82, 2.24) is 4.57 Å². The predicted molar refractivity (Wildman–Crippen MR) is 64.6 cm³/mol. The maximum absolute atomic E-state index is 11.2. The van der Waals surface area contributed by atoms with Gasteiger partial charge in [-0.2, -0.15) is 0 Å². The maximum Gasteiger partial charge on any atom is 0.134 e. The molecule has 2 aromatic rings. The first-order valence-corrected chi connectivity index (χ1v) is 5.84. The summed E-state index contributed by atoms with van der Waals surface area (Å²) in [4.78, 5) is 11.2. The van der Waals surface area contributed by atoms with Crippen LogP contribution in [0.15, 0.2) is 24.4 Å². The molecule has 1 aliphatic rings.